The molecule has 0 aliphatic heterocycles. The van der Waals surface area contributed by atoms with Crippen LogP contribution in [0.3, 0.4) is 0 Å². The summed E-state index contributed by atoms with van der Waals surface area (Å²) in [5, 5.41) is 18.0. The normalized spacial score (nSPS) is 11.4. The number of carboxylic acid groups (broad SMARTS) is 2. The molecule has 32 heavy (non-hydrogen) atoms. The zero-order valence-corrected chi connectivity index (χ0v) is 19.4. The molecule has 0 radical (unpaired) electrons. The Morgan fingerprint density at radius 2 is 1.66 bits per heavy atom. The number of aliphatic carboxylic acids is 2. The number of nitrogens with one attached hydrogen (secondary N) is 1. The van der Waals surface area contributed by atoms with Gasteiger partial charge >= 0.3 is 5.97 Å². The second-order valence-electron chi connectivity index (χ2n) is 6.94. The fourth-order valence-electron chi connectivity index (χ4n) is 3.00. The molecule has 0 bridgehead atoms. The predicted molar refractivity (Wildman–Crippen MR) is 121 cm³/mol. The van der Waals surface area contributed by atoms with Crippen molar-refractivity contribution in [1.82, 2.24) is 0 Å². The molecule has 7 nitrogen and oxygen atoms in total. The number of benzene rings is 2. The number of methoxy groups -OCH3 is 2. The molecular weight excluding hydrogens is 434 g/mol. The Kier molecular flexibility index (Phi) is 12.6. The van der Waals surface area contributed by atoms with Crippen LogP contribution in [0.25, 0.3) is 0 Å². The number of rotatable bonds is 11. The van der Waals surface area contributed by atoms with Crippen molar-refractivity contribution >= 4 is 23.5 Å². The molecule has 0 amide bonds. The molecule has 0 heterocycles. The smallest absolute Gasteiger partial charge is 0.328 e. The summed E-state index contributed by atoms with van der Waals surface area (Å²) in [7, 11) is 3.34. The van der Waals surface area contributed by atoms with Crippen LogP contribution in [0.4, 0.5) is 0 Å². The minimum Gasteiger partial charge on any atom is -0.545 e. The van der Waals surface area contributed by atoms with E-state index < -0.39 is 11.9 Å². The highest BCUT2D eigenvalue weighted by Crippen LogP contribution is 2.27. The number of hydrogen-bond donors (Lipinski definition) is 2. The third-order valence-corrected chi connectivity index (χ3v) is 4.93. The summed E-state index contributed by atoms with van der Waals surface area (Å²) >= 11 is 5.93. The maximum Gasteiger partial charge on any atom is 0.328 e. The van der Waals surface area contributed by atoms with Gasteiger partial charge in [0, 0.05) is 23.1 Å². The van der Waals surface area contributed by atoms with Crippen molar-refractivity contribution in [2.24, 2.45) is 0 Å². The summed E-state index contributed by atoms with van der Waals surface area (Å²) in [5.74, 6) is -1.23. The third-order valence-electron chi connectivity index (χ3n) is 4.67. The topological polar surface area (TPSA) is 100 Å². The van der Waals surface area contributed by atoms with E-state index in [0.29, 0.717) is 12.2 Å². The Morgan fingerprint density at radius 1 is 1.03 bits per heavy atom. The molecule has 2 aromatic rings. The first-order valence-corrected chi connectivity index (χ1v) is 10.6. The maximum absolute atomic E-state index is 9.53. The molecule has 1 atom stereocenters. The molecule has 0 fully saturated rings. The molecule has 0 aromatic heterocycles. The van der Waals surface area contributed by atoms with Gasteiger partial charge in [-0.25, -0.2) is 4.79 Å². The van der Waals surface area contributed by atoms with Crippen LogP contribution in [0.1, 0.15) is 24.5 Å². The standard InChI is InChI=1S/C20H26ClNO2.C4H4O4/c1-4-22(13-5-6-16-7-10-18(21)11-8-16)15-17-9-12-19(23-2)20(14-17)24-3;5-3(6)1-2-4(7)8/h7-12,14H,4-6,13,15H2,1-3H3;1-2H,(H,5,6)(H,7,8)/b;2-1+. The third kappa shape index (κ3) is 10.8. The van der Waals surface area contributed by atoms with Crippen LogP contribution in [0, 0.1) is 0 Å². The van der Waals surface area contributed by atoms with Gasteiger partial charge in [-0.1, -0.05) is 23.7 Å². The lowest BCUT2D eigenvalue weighted by Crippen LogP contribution is -3.10. The van der Waals surface area contributed by atoms with Crippen LogP contribution < -0.4 is 19.5 Å². The van der Waals surface area contributed by atoms with Crippen LogP contribution in [0.2, 0.25) is 5.02 Å². The van der Waals surface area contributed by atoms with Gasteiger partial charge in [0.1, 0.15) is 6.54 Å². The molecule has 0 saturated heterocycles. The molecular formula is C24H30ClNO6. The van der Waals surface area contributed by atoms with E-state index in [0.717, 1.165) is 49.0 Å². The minimum atomic E-state index is -1.51. The Bertz CT molecular complexity index is 867. The number of hydrogen-bond acceptors (Lipinski definition) is 5. The van der Waals surface area contributed by atoms with Crippen molar-refractivity contribution in [3.8, 4) is 11.5 Å². The molecule has 0 aliphatic rings. The Morgan fingerprint density at radius 3 is 2.16 bits per heavy atom. The summed E-state index contributed by atoms with van der Waals surface area (Å²) in [5.41, 5.74) is 2.62. The molecule has 2 N–H and O–H groups in total. The van der Waals surface area contributed by atoms with Gasteiger partial charge in [0.2, 0.25) is 0 Å². The van der Waals surface area contributed by atoms with E-state index in [-0.39, 0.29) is 0 Å². The Labute approximate surface area is 193 Å². The van der Waals surface area contributed by atoms with Crippen LogP contribution in [0.15, 0.2) is 54.6 Å². The van der Waals surface area contributed by atoms with Crippen molar-refractivity contribution in [3.05, 3.63) is 70.8 Å². The highest BCUT2D eigenvalue weighted by molar-refractivity contribution is 6.30. The highest BCUT2D eigenvalue weighted by Gasteiger charge is 2.10. The lowest BCUT2D eigenvalue weighted by molar-refractivity contribution is -0.912. The molecule has 8 heteroatoms. The number of ether oxygens (including phenoxy) is 2. The van der Waals surface area contributed by atoms with Gasteiger partial charge in [0.15, 0.2) is 11.5 Å². The molecule has 174 valence electrons. The number of carboxylic acids is 2. The number of carbonyl (C=O) groups excluding carboxylic acids is 1. The monoisotopic (exact) mass is 463 g/mol. The van der Waals surface area contributed by atoms with E-state index in [2.05, 4.69) is 31.2 Å². The number of aryl methyl sites for hydroxylation is 1. The Hall–Kier alpha value is -3.03. The summed E-state index contributed by atoms with van der Waals surface area (Å²) in [6.45, 7) is 5.48. The van der Waals surface area contributed by atoms with Crippen molar-refractivity contribution in [2.75, 3.05) is 27.3 Å². The van der Waals surface area contributed by atoms with Crippen molar-refractivity contribution in [3.63, 3.8) is 0 Å². The molecule has 2 aromatic carbocycles. The van der Waals surface area contributed by atoms with Crippen molar-refractivity contribution < 1.29 is 34.2 Å². The molecule has 1 unspecified atom stereocenters. The van der Waals surface area contributed by atoms with Gasteiger partial charge in [-0.05, 0) is 55.3 Å². The average molecular weight is 464 g/mol. The summed E-state index contributed by atoms with van der Waals surface area (Å²) in [6, 6.07) is 14.3. The lowest BCUT2D eigenvalue weighted by Gasteiger charge is -2.18. The number of quaternary nitrogens is 1. The first kappa shape index (κ1) is 27.0. The van der Waals surface area contributed by atoms with E-state index in [1.165, 1.54) is 11.1 Å². The van der Waals surface area contributed by atoms with E-state index in [4.69, 9.17) is 26.2 Å². The first-order valence-electron chi connectivity index (χ1n) is 10.2. The number of halogens is 1. The van der Waals surface area contributed by atoms with Crippen molar-refractivity contribution in [2.45, 2.75) is 26.3 Å². The quantitative estimate of drug-likeness (QED) is 0.493. The molecule has 0 spiro atoms. The van der Waals surface area contributed by atoms with E-state index >= 15 is 0 Å². The second-order valence-corrected chi connectivity index (χ2v) is 7.38. The van der Waals surface area contributed by atoms with Crippen molar-refractivity contribution in [1.29, 1.82) is 0 Å². The van der Waals surface area contributed by atoms with Gasteiger partial charge < -0.3 is 29.4 Å². The van der Waals surface area contributed by atoms with Gasteiger partial charge in [-0.15, -0.1) is 0 Å². The fraction of sp³-hybridized carbons (Fsp3) is 0.333. The highest BCUT2D eigenvalue weighted by atomic mass is 35.5. The SMILES string of the molecule is CC[NH+](CCCc1ccc(Cl)cc1)Cc1ccc(OC)c(OC)c1.O=C([O-])/C=C/C(=O)O. The maximum atomic E-state index is 9.53. The van der Waals surface area contributed by atoms with Crippen LogP contribution in [0.5, 0.6) is 11.5 Å². The van der Waals surface area contributed by atoms with Gasteiger partial charge in [0.05, 0.1) is 33.3 Å². The first-order chi connectivity index (χ1) is 15.3. The lowest BCUT2D eigenvalue weighted by atomic mass is 10.1. The van der Waals surface area contributed by atoms with E-state index in [9.17, 15) is 14.7 Å². The Balaban J connectivity index is 0.000000547. The van der Waals surface area contributed by atoms with E-state index in [1.807, 2.05) is 18.2 Å². The molecule has 0 saturated carbocycles. The number of carbonyl (C=O) groups is 2. The average Bonchev–Trinajstić information content (AvgIpc) is 2.78. The molecule has 2 rings (SSSR count). The van der Waals surface area contributed by atoms with Crippen LogP contribution >= 0.6 is 11.6 Å². The summed E-state index contributed by atoms with van der Waals surface area (Å²) in [4.78, 5) is 20.5. The van der Waals surface area contributed by atoms with Gasteiger partial charge in [0.25, 0.3) is 0 Å². The van der Waals surface area contributed by atoms with E-state index in [1.54, 1.807) is 19.1 Å². The largest absolute Gasteiger partial charge is 0.545 e. The van der Waals surface area contributed by atoms with Crippen LogP contribution in [-0.4, -0.2) is 44.4 Å². The van der Waals surface area contributed by atoms with Gasteiger partial charge in [-0.3, -0.25) is 0 Å². The van der Waals surface area contributed by atoms with Crippen LogP contribution in [-0.2, 0) is 22.6 Å². The predicted octanol–water partition coefficient (Wildman–Crippen LogP) is 1.77. The summed E-state index contributed by atoms with van der Waals surface area (Å²) in [6.07, 6.45) is 3.20. The fourth-order valence-corrected chi connectivity index (χ4v) is 3.13. The molecule has 0 aliphatic carbocycles. The zero-order valence-electron chi connectivity index (χ0n) is 18.6. The summed E-state index contributed by atoms with van der Waals surface area (Å²) < 4.78 is 10.7. The second kappa shape index (κ2) is 14.9. The zero-order chi connectivity index (χ0) is 23.9. The minimum absolute atomic E-state index is 0.447. The van der Waals surface area contributed by atoms with Gasteiger partial charge in [-0.2, -0.15) is 0 Å².